The molecular weight excluding hydrogens is 400 g/mol. The largest absolute Gasteiger partial charge is 0.464 e. The number of hydrogen-bond donors (Lipinski definition) is 2. The maximum Gasteiger partial charge on any atom is 0.356 e. The highest BCUT2D eigenvalue weighted by molar-refractivity contribution is 9.10. The average molecular weight is 419 g/mol. The lowest BCUT2D eigenvalue weighted by Gasteiger charge is -2.22. The van der Waals surface area contributed by atoms with Crippen LogP contribution in [0.5, 0.6) is 0 Å². The van der Waals surface area contributed by atoms with E-state index in [0.717, 1.165) is 15.6 Å². The fourth-order valence-corrected chi connectivity index (χ4v) is 2.99. The minimum Gasteiger partial charge on any atom is -0.464 e. The van der Waals surface area contributed by atoms with E-state index in [-0.39, 0.29) is 12.2 Å². The topological polar surface area (TPSA) is 84.6 Å². The molecule has 0 aliphatic rings. The van der Waals surface area contributed by atoms with Gasteiger partial charge in [0.05, 0.1) is 19.2 Å². The number of pyridine rings is 1. The van der Waals surface area contributed by atoms with Crippen LogP contribution in [0.4, 0.5) is 5.69 Å². The fraction of sp³-hybridized carbons (Fsp3) is 0.263. The summed E-state index contributed by atoms with van der Waals surface area (Å²) in [5.41, 5.74) is 0.284. The quantitative estimate of drug-likeness (QED) is 0.608. The normalized spacial score (nSPS) is 13.4. The van der Waals surface area contributed by atoms with Crippen molar-refractivity contribution in [1.29, 1.82) is 0 Å². The van der Waals surface area contributed by atoms with Crippen LogP contribution < -0.4 is 5.32 Å². The van der Waals surface area contributed by atoms with Crippen LogP contribution in [-0.4, -0.2) is 29.7 Å². The van der Waals surface area contributed by atoms with Gasteiger partial charge in [-0.3, -0.25) is 0 Å². The molecule has 0 bridgehead atoms. The monoisotopic (exact) mass is 418 g/mol. The second-order valence-electron chi connectivity index (χ2n) is 6.25. The molecule has 7 heteroatoms. The number of methoxy groups -OCH3 is 1. The third-order valence-corrected chi connectivity index (χ3v) is 4.55. The third-order valence-electron chi connectivity index (χ3n) is 4.06. The smallest absolute Gasteiger partial charge is 0.356 e. The number of halogens is 1. The Balaban J connectivity index is 1.97. The van der Waals surface area contributed by atoms with E-state index in [2.05, 4.69) is 26.2 Å². The summed E-state index contributed by atoms with van der Waals surface area (Å²) in [5, 5.41) is 14.8. The highest BCUT2D eigenvalue weighted by atomic mass is 79.9. The van der Waals surface area contributed by atoms with E-state index in [4.69, 9.17) is 9.15 Å². The van der Waals surface area contributed by atoms with Crippen molar-refractivity contribution in [3.05, 3.63) is 58.1 Å². The van der Waals surface area contributed by atoms with E-state index in [1.807, 2.05) is 25.1 Å². The zero-order chi connectivity index (χ0) is 18.9. The molecule has 26 heavy (non-hydrogen) atoms. The van der Waals surface area contributed by atoms with Crippen molar-refractivity contribution in [1.82, 2.24) is 4.98 Å². The van der Waals surface area contributed by atoms with Crippen LogP contribution in [0.2, 0.25) is 0 Å². The zero-order valence-corrected chi connectivity index (χ0v) is 16.3. The Morgan fingerprint density at radius 3 is 2.77 bits per heavy atom. The molecule has 0 aliphatic carbocycles. The maximum atomic E-state index is 11.9. The van der Waals surface area contributed by atoms with Gasteiger partial charge in [0, 0.05) is 15.5 Å². The van der Waals surface area contributed by atoms with Crippen molar-refractivity contribution in [3.8, 4) is 0 Å². The molecule has 1 unspecified atom stereocenters. The van der Waals surface area contributed by atoms with Gasteiger partial charge in [-0.2, -0.15) is 0 Å². The summed E-state index contributed by atoms with van der Waals surface area (Å²) in [4.78, 5) is 16.3. The number of anilines is 1. The molecule has 6 nitrogen and oxygen atoms in total. The molecule has 1 atom stereocenters. The summed E-state index contributed by atoms with van der Waals surface area (Å²) in [5.74, 6) is 0.674. The molecule has 1 aromatic carbocycles. The molecule has 0 aliphatic heterocycles. The molecule has 0 spiro atoms. The second-order valence-corrected chi connectivity index (χ2v) is 7.16. The predicted molar refractivity (Wildman–Crippen MR) is 102 cm³/mol. The molecule has 0 saturated carbocycles. The molecular formula is C19H19BrN2O4. The Bertz CT molecular complexity index is 965. The van der Waals surface area contributed by atoms with Crippen molar-refractivity contribution < 1.29 is 19.1 Å². The van der Waals surface area contributed by atoms with Gasteiger partial charge in [0.25, 0.3) is 0 Å². The number of aliphatic hydroxyl groups is 1. The molecule has 2 N–H and O–H groups in total. The number of fused-ring (bicyclic) bond motifs is 1. The van der Waals surface area contributed by atoms with Gasteiger partial charge in [0.15, 0.2) is 5.69 Å². The van der Waals surface area contributed by atoms with Crippen LogP contribution in [-0.2, 0) is 10.3 Å². The summed E-state index contributed by atoms with van der Waals surface area (Å²) in [6, 6.07) is 10.7. The van der Waals surface area contributed by atoms with Crippen LogP contribution in [0.15, 0.2) is 45.3 Å². The van der Waals surface area contributed by atoms with E-state index in [1.54, 1.807) is 25.1 Å². The zero-order valence-electron chi connectivity index (χ0n) is 14.7. The average Bonchev–Trinajstić information content (AvgIpc) is 3.06. The lowest BCUT2D eigenvalue weighted by molar-refractivity contribution is 0.0468. The molecule has 3 rings (SSSR count). The molecule has 0 radical (unpaired) electrons. The predicted octanol–water partition coefficient (Wildman–Crippen LogP) is 4.00. The Kier molecular flexibility index (Phi) is 5.02. The van der Waals surface area contributed by atoms with Gasteiger partial charge in [-0.05, 0) is 50.2 Å². The number of hydrogen-bond acceptors (Lipinski definition) is 6. The first-order valence-electron chi connectivity index (χ1n) is 8.02. The van der Waals surface area contributed by atoms with Gasteiger partial charge >= 0.3 is 5.97 Å². The number of carbonyl (C=O) groups is 1. The Labute approximate surface area is 159 Å². The molecule has 0 amide bonds. The van der Waals surface area contributed by atoms with Crippen molar-refractivity contribution in [3.63, 3.8) is 0 Å². The van der Waals surface area contributed by atoms with Crippen LogP contribution in [0, 0.1) is 6.92 Å². The third kappa shape index (κ3) is 3.73. The summed E-state index contributed by atoms with van der Waals surface area (Å²) in [6.45, 7) is 3.68. The molecule has 2 heterocycles. The highest BCUT2D eigenvalue weighted by Gasteiger charge is 2.27. The minimum atomic E-state index is -1.22. The van der Waals surface area contributed by atoms with Gasteiger partial charge in [-0.1, -0.05) is 15.9 Å². The summed E-state index contributed by atoms with van der Waals surface area (Å²) < 4.78 is 11.2. The summed E-state index contributed by atoms with van der Waals surface area (Å²) in [7, 11) is 1.31. The van der Waals surface area contributed by atoms with Crippen molar-refractivity contribution >= 4 is 38.5 Å². The molecule has 136 valence electrons. The number of aromatic nitrogens is 1. The van der Waals surface area contributed by atoms with Gasteiger partial charge in [0.2, 0.25) is 0 Å². The SMILES string of the molecule is COC(=O)c1cc(NCC(C)(O)c2ccc(C)o2)c2cc(Br)ccc2n1. The number of carbonyl (C=O) groups excluding carboxylic acids is 1. The number of nitrogens with zero attached hydrogens (tertiary/aromatic N) is 1. The summed E-state index contributed by atoms with van der Waals surface area (Å²) in [6.07, 6.45) is 0. The first-order chi connectivity index (χ1) is 12.3. The lowest BCUT2D eigenvalue weighted by atomic mass is 10.0. The van der Waals surface area contributed by atoms with Gasteiger partial charge in [-0.15, -0.1) is 0 Å². The van der Waals surface area contributed by atoms with Crippen molar-refractivity contribution in [2.24, 2.45) is 0 Å². The van der Waals surface area contributed by atoms with E-state index >= 15 is 0 Å². The summed E-state index contributed by atoms with van der Waals surface area (Å²) >= 11 is 3.45. The number of rotatable bonds is 5. The Morgan fingerprint density at radius 1 is 1.35 bits per heavy atom. The minimum absolute atomic E-state index is 0.187. The number of ether oxygens (including phenoxy) is 1. The Hall–Kier alpha value is -2.38. The Morgan fingerprint density at radius 2 is 2.12 bits per heavy atom. The number of nitrogens with one attached hydrogen (secondary N) is 1. The fourth-order valence-electron chi connectivity index (χ4n) is 2.63. The van der Waals surface area contributed by atoms with Gasteiger partial charge in [0.1, 0.15) is 17.1 Å². The molecule has 0 saturated heterocycles. The van der Waals surface area contributed by atoms with Gasteiger partial charge in [-0.25, -0.2) is 9.78 Å². The van der Waals surface area contributed by atoms with E-state index < -0.39 is 11.6 Å². The van der Waals surface area contributed by atoms with Crippen LogP contribution >= 0.6 is 15.9 Å². The molecule has 3 aromatic rings. The van der Waals surface area contributed by atoms with E-state index in [0.29, 0.717) is 17.0 Å². The first kappa shape index (κ1) is 18.4. The van der Waals surface area contributed by atoms with Crippen molar-refractivity contribution in [2.45, 2.75) is 19.4 Å². The van der Waals surface area contributed by atoms with Crippen molar-refractivity contribution in [2.75, 3.05) is 19.0 Å². The molecule has 0 fully saturated rings. The molecule has 2 aromatic heterocycles. The van der Waals surface area contributed by atoms with Crippen LogP contribution in [0.3, 0.4) is 0 Å². The second kappa shape index (κ2) is 7.09. The number of benzene rings is 1. The first-order valence-corrected chi connectivity index (χ1v) is 8.81. The highest BCUT2D eigenvalue weighted by Crippen LogP contribution is 2.29. The lowest BCUT2D eigenvalue weighted by Crippen LogP contribution is -2.30. The van der Waals surface area contributed by atoms with Gasteiger partial charge < -0.3 is 19.6 Å². The maximum absolute atomic E-state index is 11.9. The number of aryl methyl sites for hydroxylation is 1. The van der Waals surface area contributed by atoms with Crippen LogP contribution in [0.25, 0.3) is 10.9 Å². The number of esters is 1. The number of furan rings is 1. The standard InChI is InChI=1S/C19H19BrN2O4/c1-11-4-7-17(26-11)19(2,24)10-21-15-9-16(18(23)25-3)22-14-6-5-12(20)8-13(14)15/h4-9,24H,10H2,1-3H3,(H,21,22). The van der Waals surface area contributed by atoms with E-state index in [1.165, 1.54) is 7.11 Å². The van der Waals surface area contributed by atoms with Crippen LogP contribution in [0.1, 0.15) is 28.9 Å². The van der Waals surface area contributed by atoms with E-state index in [9.17, 15) is 9.90 Å².